The Labute approximate surface area is 187 Å². The van der Waals surface area contributed by atoms with Crippen LogP contribution in [0.3, 0.4) is 0 Å². The third kappa shape index (κ3) is 4.96. The van der Waals surface area contributed by atoms with Gasteiger partial charge in [-0.05, 0) is 54.7 Å². The zero-order valence-corrected chi connectivity index (χ0v) is 18.8. The third-order valence-corrected chi connectivity index (χ3v) is 7.08. The quantitative estimate of drug-likeness (QED) is 0.680. The summed E-state index contributed by atoms with van der Waals surface area (Å²) in [6, 6.07) is 15.5. The molecule has 2 aromatic rings. The van der Waals surface area contributed by atoms with Crippen molar-refractivity contribution in [3.05, 3.63) is 59.0 Å². The first kappa shape index (κ1) is 21.5. The van der Waals surface area contributed by atoms with Crippen LogP contribution in [0.5, 0.6) is 5.75 Å². The molecule has 0 spiro atoms. The molecule has 1 heterocycles. The normalized spacial score (nSPS) is 22.2. The molecule has 162 valence electrons. The van der Waals surface area contributed by atoms with Crippen molar-refractivity contribution in [2.75, 3.05) is 18.6 Å². The van der Waals surface area contributed by atoms with Crippen LogP contribution in [0, 0.1) is 5.92 Å². The summed E-state index contributed by atoms with van der Waals surface area (Å²) >= 11 is 1.44. The number of anilines is 1. The van der Waals surface area contributed by atoms with Crippen molar-refractivity contribution in [2.45, 2.75) is 43.5 Å². The molecule has 2 amide bonds. The van der Waals surface area contributed by atoms with Crippen molar-refractivity contribution >= 4 is 35.3 Å². The highest BCUT2D eigenvalue weighted by Gasteiger charge is 2.31. The topological polar surface area (TPSA) is 58.6 Å². The van der Waals surface area contributed by atoms with Crippen LogP contribution in [0.15, 0.2) is 58.3 Å². The minimum atomic E-state index is -0.147. The first-order chi connectivity index (χ1) is 15.0. The van der Waals surface area contributed by atoms with E-state index in [2.05, 4.69) is 12.2 Å². The lowest BCUT2D eigenvalue weighted by molar-refractivity contribution is -0.123. The highest BCUT2D eigenvalue weighted by molar-refractivity contribution is 8.04. The second-order valence-electron chi connectivity index (χ2n) is 8.18. The fraction of sp³-hybridized carbons (Fsp3) is 0.360. The number of carbonyl (C=O) groups is 2. The van der Waals surface area contributed by atoms with Gasteiger partial charge in [-0.15, -0.1) is 0 Å². The molecule has 2 aliphatic rings. The standard InChI is InChI=1S/C25H28N2O3S/c1-17-7-3-4-8-20(17)26-24(28)16-27-21-9-5-6-10-22(21)31-23(25(27)29)15-18-11-13-19(30-2)14-12-18/h5-6,9-15,17,20H,3-4,7-8,16H2,1-2H3,(H,26,28)/b23-15-/t17-,20+/m1/s1. The predicted molar refractivity (Wildman–Crippen MR) is 125 cm³/mol. The van der Waals surface area contributed by atoms with Gasteiger partial charge < -0.3 is 10.1 Å². The summed E-state index contributed by atoms with van der Waals surface area (Å²) in [7, 11) is 1.63. The van der Waals surface area contributed by atoms with Gasteiger partial charge in [0.1, 0.15) is 12.3 Å². The number of nitrogens with one attached hydrogen (secondary N) is 1. The number of hydrogen-bond acceptors (Lipinski definition) is 4. The summed E-state index contributed by atoms with van der Waals surface area (Å²) in [6.45, 7) is 2.22. The number of amides is 2. The van der Waals surface area contributed by atoms with E-state index in [-0.39, 0.29) is 24.4 Å². The van der Waals surface area contributed by atoms with E-state index in [1.54, 1.807) is 12.0 Å². The maximum Gasteiger partial charge on any atom is 0.265 e. The molecule has 2 aromatic carbocycles. The Morgan fingerprint density at radius 2 is 1.90 bits per heavy atom. The van der Waals surface area contributed by atoms with Gasteiger partial charge in [0, 0.05) is 10.9 Å². The van der Waals surface area contributed by atoms with Crippen molar-refractivity contribution in [3.8, 4) is 5.75 Å². The van der Waals surface area contributed by atoms with Crippen LogP contribution >= 0.6 is 11.8 Å². The highest BCUT2D eigenvalue weighted by Crippen LogP contribution is 2.42. The largest absolute Gasteiger partial charge is 0.497 e. The molecule has 0 bridgehead atoms. The summed E-state index contributed by atoms with van der Waals surface area (Å²) in [4.78, 5) is 29.4. The fourth-order valence-electron chi connectivity index (χ4n) is 4.20. The summed E-state index contributed by atoms with van der Waals surface area (Å²) in [5.74, 6) is 0.998. The average Bonchev–Trinajstić information content (AvgIpc) is 2.78. The molecular formula is C25H28N2O3S. The van der Waals surface area contributed by atoms with Crippen LogP contribution in [-0.4, -0.2) is 31.5 Å². The van der Waals surface area contributed by atoms with E-state index in [9.17, 15) is 9.59 Å². The number of nitrogens with zero attached hydrogens (tertiary/aromatic N) is 1. The molecule has 5 nitrogen and oxygen atoms in total. The molecule has 0 aromatic heterocycles. The smallest absolute Gasteiger partial charge is 0.265 e. The molecule has 6 heteroatoms. The summed E-state index contributed by atoms with van der Waals surface area (Å²) < 4.78 is 5.21. The van der Waals surface area contributed by atoms with Gasteiger partial charge in [-0.1, -0.05) is 55.8 Å². The average molecular weight is 437 g/mol. The number of carbonyl (C=O) groups excluding carboxylic acids is 2. The maximum absolute atomic E-state index is 13.3. The Morgan fingerprint density at radius 3 is 2.65 bits per heavy atom. The van der Waals surface area contributed by atoms with Crippen LogP contribution in [0.2, 0.25) is 0 Å². The molecule has 0 unspecified atom stereocenters. The summed E-state index contributed by atoms with van der Waals surface area (Å²) in [5.41, 5.74) is 1.70. The first-order valence-electron chi connectivity index (χ1n) is 10.8. The van der Waals surface area contributed by atoms with Crippen LogP contribution in [0.4, 0.5) is 5.69 Å². The molecule has 0 radical (unpaired) electrons. The molecule has 31 heavy (non-hydrogen) atoms. The summed E-state index contributed by atoms with van der Waals surface area (Å²) in [5, 5.41) is 3.17. The van der Waals surface area contributed by atoms with Gasteiger partial charge >= 0.3 is 0 Å². The number of methoxy groups -OCH3 is 1. The van der Waals surface area contributed by atoms with Gasteiger partial charge in [0.2, 0.25) is 5.91 Å². The number of thioether (sulfide) groups is 1. The predicted octanol–water partition coefficient (Wildman–Crippen LogP) is 4.87. The van der Waals surface area contributed by atoms with E-state index >= 15 is 0 Å². The van der Waals surface area contributed by atoms with Gasteiger partial charge in [-0.3, -0.25) is 14.5 Å². The van der Waals surface area contributed by atoms with Gasteiger partial charge in [0.25, 0.3) is 5.91 Å². The van der Waals surface area contributed by atoms with Crippen molar-refractivity contribution in [1.82, 2.24) is 5.32 Å². The molecule has 1 N–H and O–H groups in total. The Hall–Kier alpha value is -2.73. The number of ether oxygens (including phenoxy) is 1. The fourth-order valence-corrected chi connectivity index (χ4v) is 5.26. The minimum Gasteiger partial charge on any atom is -0.497 e. The van der Waals surface area contributed by atoms with Crippen LogP contribution in [0.1, 0.15) is 38.2 Å². The van der Waals surface area contributed by atoms with E-state index in [0.29, 0.717) is 10.8 Å². The van der Waals surface area contributed by atoms with Crippen LogP contribution in [0.25, 0.3) is 6.08 Å². The molecule has 1 aliphatic carbocycles. The Balaban J connectivity index is 1.56. The van der Waals surface area contributed by atoms with Gasteiger partial charge in [-0.2, -0.15) is 0 Å². The van der Waals surface area contributed by atoms with Crippen molar-refractivity contribution in [1.29, 1.82) is 0 Å². The minimum absolute atomic E-state index is 0.0274. The van der Waals surface area contributed by atoms with E-state index in [0.717, 1.165) is 41.2 Å². The lowest BCUT2D eigenvalue weighted by atomic mass is 9.86. The zero-order valence-electron chi connectivity index (χ0n) is 18.0. The first-order valence-corrected chi connectivity index (χ1v) is 11.6. The number of hydrogen-bond donors (Lipinski definition) is 1. The Morgan fingerprint density at radius 1 is 1.16 bits per heavy atom. The molecule has 0 saturated heterocycles. The lowest BCUT2D eigenvalue weighted by Crippen LogP contribution is -2.48. The molecule has 4 rings (SSSR count). The lowest BCUT2D eigenvalue weighted by Gasteiger charge is -2.32. The Kier molecular flexibility index (Phi) is 6.66. The number of benzene rings is 2. The number of fused-ring (bicyclic) bond motifs is 1. The number of para-hydroxylation sites is 1. The van der Waals surface area contributed by atoms with Crippen molar-refractivity contribution < 1.29 is 14.3 Å². The second kappa shape index (κ2) is 9.60. The molecule has 1 fully saturated rings. The zero-order chi connectivity index (χ0) is 21.8. The van der Waals surface area contributed by atoms with Gasteiger partial charge in [0.15, 0.2) is 0 Å². The summed E-state index contributed by atoms with van der Waals surface area (Å²) in [6.07, 6.45) is 6.39. The molecule has 1 saturated carbocycles. The van der Waals surface area contributed by atoms with Crippen molar-refractivity contribution in [2.24, 2.45) is 5.92 Å². The number of rotatable bonds is 5. The molecule has 1 aliphatic heterocycles. The highest BCUT2D eigenvalue weighted by atomic mass is 32.2. The van der Waals surface area contributed by atoms with Crippen LogP contribution < -0.4 is 15.0 Å². The van der Waals surface area contributed by atoms with E-state index < -0.39 is 0 Å². The maximum atomic E-state index is 13.3. The molecule has 2 atom stereocenters. The molecular weight excluding hydrogens is 408 g/mol. The van der Waals surface area contributed by atoms with Gasteiger partial charge in [0.05, 0.1) is 17.7 Å². The van der Waals surface area contributed by atoms with E-state index in [4.69, 9.17) is 4.74 Å². The SMILES string of the molecule is COc1ccc(/C=C2\Sc3ccccc3N(CC(=O)N[C@H]3CCCC[C@H]3C)C2=O)cc1. The third-order valence-electron chi connectivity index (χ3n) is 6.01. The van der Waals surface area contributed by atoms with Crippen LogP contribution in [-0.2, 0) is 9.59 Å². The van der Waals surface area contributed by atoms with Crippen molar-refractivity contribution in [3.63, 3.8) is 0 Å². The van der Waals surface area contributed by atoms with E-state index in [1.165, 1.54) is 18.2 Å². The van der Waals surface area contributed by atoms with Gasteiger partial charge in [-0.25, -0.2) is 0 Å². The Bertz CT molecular complexity index is 987. The second-order valence-corrected chi connectivity index (χ2v) is 9.26. The van der Waals surface area contributed by atoms with E-state index in [1.807, 2.05) is 54.6 Å². The monoisotopic (exact) mass is 436 g/mol.